The summed E-state index contributed by atoms with van der Waals surface area (Å²) in [6.45, 7) is 2.08. The highest BCUT2D eigenvalue weighted by atomic mass is 15.6. The summed E-state index contributed by atoms with van der Waals surface area (Å²) in [6, 6.07) is 14.1. The van der Waals surface area contributed by atoms with Gasteiger partial charge in [0, 0.05) is 6.04 Å². The van der Waals surface area contributed by atoms with Gasteiger partial charge in [0.15, 0.2) is 5.65 Å². The van der Waals surface area contributed by atoms with Crippen molar-refractivity contribution >= 4 is 11.5 Å². The molecule has 1 aromatic carbocycles. The summed E-state index contributed by atoms with van der Waals surface area (Å²) in [5.41, 5.74) is 1.84. The minimum absolute atomic E-state index is 0.174. The minimum atomic E-state index is 0.174. The van der Waals surface area contributed by atoms with E-state index in [1.165, 1.54) is 10.2 Å². The topological polar surface area (TPSA) is 68.0 Å². The second-order valence-electron chi connectivity index (χ2n) is 4.02. The van der Waals surface area contributed by atoms with Crippen LogP contribution in [0.1, 0.15) is 18.5 Å². The number of nitrogens with zero attached hydrogens (tertiary/aromatic N) is 5. The van der Waals surface area contributed by atoms with Crippen LogP contribution in [0, 0.1) is 0 Å². The van der Waals surface area contributed by atoms with Crippen molar-refractivity contribution < 1.29 is 0 Å². The minimum Gasteiger partial charge on any atom is -0.362 e. The zero-order valence-electron chi connectivity index (χ0n) is 9.85. The molecule has 0 radical (unpaired) electrons. The molecule has 1 atom stereocenters. The fourth-order valence-corrected chi connectivity index (χ4v) is 1.77. The fourth-order valence-electron chi connectivity index (χ4n) is 1.77. The molecule has 0 saturated carbocycles. The SMILES string of the molecule is CC(Nc1ccc2nnnn2n1)c1ccccc1. The largest absolute Gasteiger partial charge is 0.362 e. The van der Waals surface area contributed by atoms with Gasteiger partial charge in [0.25, 0.3) is 0 Å². The Bertz CT molecular complexity index is 648. The lowest BCUT2D eigenvalue weighted by Gasteiger charge is -2.14. The van der Waals surface area contributed by atoms with E-state index in [1.54, 1.807) is 0 Å². The van der Waals surface area contributed by atoms with Crippen molar-refractivity contribution in [3.05, 3.63) is 48.0 Å². The third-order valence-corrected chi connectivity index (χ3v) is 2.73. The molecular formula is C12H12N6. The molecule has 3 rings (SSSR count). The molecule has 1 unspecified atom stereocenters. The normalized spacial score (nSPS) is 12.5. The first-order chi connectivity index (χ1) is 8.83. The Morgan fingerprint density at radius 2 is 1.94 bits per heavy atom. The van der Waals surface area contributed by atoms with Crippen LogP contribution in [0.25, 0.3) is 5.65 Å². The maximum atomic E-state index is 4.27. The van der Waals surface area contributed by atoms with Crippen LogP contribution in [0.5, 0.6) is 0 Å². The predicted molar refractivity (Wildman–Crippen MR) is 67.1 cm³/mol. The number of benzene rings is 1. The van der Waals surface area contributed by atoms with Crippen LogP contribution in [0.2, 0.25) is 0 Å². The maximum Gasteiger partial charge on any atom is 0.200 e. The summed E-state index contributed by atoms with van der Waals surface area (Å²) in [5, 5.41) is 18.7. The second kappa shape index (κ2) is 4.40. The molecule has 2 aromatic heterocycles. The first-order valence-electron chi connectivity index (χ1n) is 5.70. The molecule has 0 spiro atoms. The lowest BCUT2D eigenvalue weighted by molar-refractivity contribution is 0.728. The van der Waals surface area contributed by atoms with E-state index in [9.17, 15) is 0 Å². The van der Waals surface area contributed by atoms with Crippen LogP contribution in [-0.2, 0) is 0 Å². The van der Waals surface area contributed by atoms with Crippen molar-refractivity contribution in [3.63, 3.8) is 0 Å². The molecule has 0 bridgehead atoms. The van der Waals surface area contributed by atoms with Crippen molar-refractivity contribution in [2.45, 2.75) is 13.0 Å². The number of nitrogens with one attached hydrogen (secondary N) is 1. The van der Waals surface area contributed by atoms with Crippen LogP contribution in [0.3, 0.4) is 0 Å². The quantitative estimate of drug-likeness (QED) is 0.754. The molecule has 90 valence electrons. The average molecular weight is 240 g/mol. The Labute approximate surface area is 104 Å². The molecule has 0 aliphatic carbocycles. The zero-order valence-corrected chi connectivity index (χ0v) is 9.85. The van der Waals surface area contributed by atoms with Gasteiger partial charge in [-0.3, -0.25) is 0 Å². The van der Waals surface area contributed by atoms with Crippen LogP contribution < -0.4 is 5.32 Å². The molecule has 0 amide bonds. The fraction of sp³-hybridized carbons (Fsp3) is 0.167. The molecular weight excluding hydrogens is 228 g/mol. The summed E-state index contributed by atoms with van der Waals surface area (Å²) in [7, 11) is 0. The van der Waals surface area contributed by atoms with E-state index in [0.717, 1.165) is 5.82 Å². The lowest BCUT2D eigenvalue weighted by Crippen LogP contribution is -2.09. The van der Waals surface area contributed by atoms with Gasteiger partial charge in [-0.15, -0.1) is 14.8 Å². The monoisotopic (exact) mass is 240 g/mol. The Hall–Kier alpha value is -2.50. The van der Waals surface area contributed by atoms with E-state index < -0.39 is 0 Å². The van der Waals surface area contributed by atoms with Crippen LogP contribution in [0.15, 0.2) is 42.5 Å². The second-order valence-corrected chi connectivity index (χ2v) is 4.02. The molecule has 0 saturated heterocycles. The van der Waals surface area contributed by atoms with Gasteiger partial charge in [-0.05, 0) is 35.0 Å². The Balaban J connectivity index is 1.83. The molecule has 6 nitrogen and oxygen atoms in total. The van der Waals surface area contributed by atoms with Gasteiger partial charge in [-0.1, -0.05) is 30.3 Å². The van der Waals surface area contributed by atoms with Gasteiger partial charge in [0.2, 0.25) is 0 Å². The van der Waals surface area contributed by atoms with Crippen molar-refractivity contribution in [1.82, 2.24) is 25.3 Å². The number of aromatic nitrogens is 5. The average Bonchev–Trinajstić information content (AvgIpc) is 2.87. The van der Waals surface area contributed by atoms with E-state index in [0.29, 0.717) is 5.65 Å². The first-order valence-corrected chi connectivity index (χ1v) is 5.70. The third-order valence-electron chi connectivity index (χ3n) is 2.73. The van der Waals surface area contributed by atoms with Gasteiger partial charge in [0.05, 0.1) is 0 Å². The molecule has 2 heterocycles. The third kappa shape index (κ3) is 2.00. The Morgan fingerprint density at radius 1 is 1.11 bits per heavy atom. The first kappa shape index (κ1) is 10.6. The van der Waals surface area contributed by atoms with Gasteiger partial charge in [-0.25, -0.2) is 0 Å². The van der Waals surface area contributed by atoms with E-state index >= 15 is 0 Å². The molecule has 0 fully saturated rings. The van der Waals surface area contributed by atoms with Gasteiger partial charge in [-0.2, -0.15) is 0 Å². The van der Waals surface area contributed by atoms with Gasteiger partial charge in [0.1, 0.15) is 5.82 Å². The highest BCUT2D eigenvalue weighted by molar-refractivity contribution is 5.43. The van der Waals surface area contributed by atoms with Crippen LogP contribution in [-0.4, -0.2) is 25.3 Å². The van der Waals surface area contributed by atoms with E-state index in [2.05, 4.69) is 45.0 Å². The Kier molecular flexibility index (Phi) is 2.60. The van der Waals surface area contributed by atoms with E-state index in [4.69, 9.17) is 0 Å². The number of anilines is 1. The smallest absolute Gasteiger partial charge is 0.200 e. The molecule has 1 N–H and O–H groups in total. The van der Waals surface area contributed by atoms with Crippen LogP contribution >= 0.6 is 0 Å². The summed E-state index contributed by atoms with van der Waals surface area (Å²) >= 11 is 0. The summed E-state index contributed by atoms with van der Waals surface area (Å²) in [5.74, 6) is 0.742. The summed E-state index contributed by atoms with van der Waals surface area (Å²) < 4.78 is 1.40. The van der Waals surface area contributed by atoms with Crippen molar-refractivity contribution in [1.29, 1.82) is 0 Å². The Morgan fingerprint density at radius 3 is 2.78 bits per heavy atom. The van der Waals surface area contributed by atoms with E-state index in [-0.39, 0.29) is 6.04 Å². The molecule has 0 aliphatic rings. The van der Waals surface area contributed by atoms with E-state index in [1.807, 2.05) is 30.3 Å². The van der Waals surface area contributed by atoms with Crippen molar-refractivity contribution in [2.24, 2.45) is 0 Å². The zero-order chi connectivity index (χ0) is 12.4. The lowest BCUT2D eigenvalue weighted by atomic mass is 10.1. The van der Waals surface area contributed by atoms with Crippen LogP contribution in [0.4, 0.5) is 5.82 Å². The standard InChI is InChI=1S/C12H12N6/c1-9(10-5-3-2-4-6-10)13-11-7-8-12-14-16-17-18(12)15-11/h2-9H,1H3,(H,13,15). The summed E-state index contributed by atoms with van der Waals surface area (Å²) in [4.78, 5) is 0. The van der Waals surface area contributed by atoms with Crippen molar-refractivity contribution in [3.8, 4) is 0 Å². The number of hydrogen-bond acceptors (Lipinski definition) is 5. The number of hydrogen-bond donors (Lipinski definition) is 1. The van der Waals surface area contributed by atoms with Gasteiger partial charge < -0.3 is 5.32 Å². The van der Waals surface area contributed by atoms with Gasteiger partial charge >= 0.3 is 0 Å². The van der Waals surface area contributed by atoms with Crippen molar-refractivity contribution in [2.75, 3.05) is 5.32 Å². The summed E-state index contributed by atoms with van der Waals surface area (Å²) in [6.07, 6.45) is 0. The molecule has 18 heavy (non-hydrogen) atoms. The number of fused-ring (bicyclic) bond motifs is 1. The number of tetrazole rings is 1. The predicted octanol–water partition coefficient (Wildman–Crippen LogP) is 1.69. The molecule has 3 aromatic rings. The maximum absolute atomic E-state index is 4.27. The molecule has 0 aliphatic heterocycles. The highest BCUT2D eigenvalue weighted by Crippen LogP contribution is 2.16. The highest BCUT2D eigenvalue weighted by Gasteiger charge is 2.06. The number of rotatable bonds is 3. The molecule has 6 heteroatoms.